The van der Waals surface area contributed by atoms with Crippen LogP contribution in [-0.4, -0.2) is 31.3 Å². The van der Waals surface area contributed by atoms with Gasteiger partial charge in [0.15, 0.2) is 6.54 Å². The molecule has 1 aliphatic heterocycles. The number of quaternary nitrogens is 1. The molecule has 1 rings (SSSR count). The second-order valence-electron chi connectivity index (χ2n) is 2.74. The van der Waals surface area contributed by atoms with E-state index in [0.29, 0.717) is 0 Å². The van der Waals surface area contributed by atoms with E-state index in [-0.39, 0.29) is 24.0 Å². The first-order valence-electron chi connectivity index (χ1n) is 3.30. The zero-order chi connectivity index (χ0) is 6.74. The number of rotatable bonds is 1. The van der Waals surface area contributed by atoms with Gasteiger partial charge in [-0.05, 0) is 5.92 Å². The van der Waals surface area contributed by atoms with E-state index in [4.69, 9.17) is 6.42 Å². The highest BCUT2D eigenvalue weighted by molar-refractivity contribution is 4.83. The van der Waals surface area contributed by atoms with Gasteiger partial charge in [-0.3, -0.25) is 0 Å². The highest BCUT2D eigenvalue weighted by Crippen LogP contribution is 2.04. The van der Waals surface area contributed by atoms with E-state index in [2.05, 4.69) is 18.4 Å². The van der Waals surface area contributed by atoms with Crippen molar-refractivity contribution in [2.75, 3.05) is 26.7 Å². The first-order valence-corrected chi connectivity index (χ1v) is 3.30. The average molecular weight is 252 g/mol. The molecule has 1 saturated heterocycles. The molecule has 10 heavy (non-hydrogen) atoms. The second kappa shape index (κ2) is 4.16. The molecule has 2 nitrogen and oxygen atoms in total. The molecule has 0 aromatic rings. The van der Waals surface area contributed by atoms with Crippen molar-refractivity contribution in [2.45, 2.75) is 6.42 Å². The highest BCUT2D eigenvalue weighted by Gasteiger charge is 2.24. The maximum atomic E-state index is 5.19. The molecule has 58 valence electrons. The first kappa shape index (κ1) is 10.2. The van der Waals surface area contributed by atoms with Gasteiger partial charge in [-0.1, -0.05) is 0 Å². The van der Waals surface area contributed by atoms with E-state index in [9.17, 15) is 0 Å². The fraction of sp³-hybridized carbons (Fsp3) is 0.714. The topological polar surface area (TPSA) is 12.0 Å². The minimum absolute atomic E-state index is 0. The summed E-state index contributed by atoms with van der Waals surface area (Å²) < 4.78 is 0.858. The molecule has 0 aliphatic carbocycles. The Balaban J connectivity index is 0.000000810. The molecule has 0 aromatic heterocycles. The lowest BCUT2D eigenvalue weighted by Gasteiger charge is -2.24. The third-order valence-electron chi connectivity index (χ3n) is 1.76. The van der Waals surface area contributed by atoms with Crippen molar-refractivity contribution in [3.8, 4) is 12.3 Å². The summed E-state index contributed by atoms with van der Waals surface area (Å²) in [5.74, 6) is 2.66. The Morgan fingerprint density at radius 3 is 2.80 bits per heavy atom. The molecule has 0 bridgehead atoms. The van der Waals surface area contributed by atoms with Gasteiger partial charge >= 0.3 is 0 Å². The van der Waals surface area contributed by atoms with Crippen LogP contribution in [0.1, 0.15) is 6.42 Å². The van der Waals surface area contributed by atoms with Gasteiger partial charge in [0.1, 0.15) is 0 Å². The number of nitrogens with one attached hydrogen (secondary N) is 1. The summed E-state index contributed by atoms with van der Waals surface area (Å²) in [6.07, 6.45) is 6.44. The van der Waals surface area contributed by atoms with Gasteiger partial charge in [0.05, 0.1) is 13.6 Å². The van der Waals surface area contributed by atoms with Crippen molar-refractivity contribution in [1.29, 1.82) is 0 Å². The zero-order valence-corrected chi connectivity index (χ0v) is 8.39. The quantitative estimate of drug-likeness (QED) is 0.297. The number of hydrogen-bond acceptors (Lipinski definition) is 1. The van der Waals surface area contributed by atoms with E-state index in [0.717, 1.165) is 17.7 Å². The Morgan fingerprint density at radius 1 is 1.70 bits per heavy atom. The number of nitrogens with zero attached hydrogens (tertiary/aromatic N) is 1. The summed E-state index contributed by atoms with van der Waals surface area (Å²) in [6.45, 7) is 3.09. The van der Waals surface area contributed by atoms with Crippen LogP contribution in [0.3, 0.4) is 0 Å². The third kappa shape index (κ3) is 2.45. The highest BCUT2D eigenvalue weighted by atomic mass is 127. The molecular weight excluding hydrogens is 239 g/mol. The van der Waals surface area contributed by atoms with Gasteiger partial charge in [-0.2, -0.15) is 5.43 Å². The summed E-state index contributed by atoms with van der Waals surface area (Å²) in [6, 6.07) is 0. The Morgan fingerprint density at radius 2 is 2.40 bits per heavy atom. The number of terminal acetylenes is 1. The largest absolute Gasteiger partial charge is 1.00 e. The van der Waals surface area contributed by atoms with Gasteiger partial charge in [0.2, 0.25) is 0 Å². The molecule has 0 radical (unpaired) electrons. The third-order valence-corrected chi connectivity index (χ3v) is 1.76. The van der Waals surface area contributed by atoms with Crippen LogP contribution < -0.4 is 29.4 Å². The van der Waals surface area contributed by atoms with Gasteiger partial charge in [-0.25, -0.2) is 4.59 Å². The van der Waals surface area contributed by atoms with Crippen LogP contribution in [0.15, 0.2) is 0 Å². The molecule has 1 aliphatic rings. The standard InChI is InChI=1S/C7H13N2.HI/c1-3-6-9(2)7-4-5-8-9;/h1,8H,4-7H2,2H3;1H/q+1;/p-1. The Bertz CT molecular complexity index is 133. The summed E-state index contributed by atoms with van der Waals surface area (Å²) >= 11 is 0. The fourth-order valence-electron chi connectivity index (χ4n) is 1.19. The maximum absolute atomic E-state index is 5.19. The van der Waals surface area contributed by atoms with E-state index < -0.39 is 0 Å². The molecule has 0 aromatic carbocycles. The van der Waals surface area contributed by atoms with Crippen molar-refractivity contribution in [3.63, 3.8) is 0 Å². The Kier molecular flexibility index (Phi) is 4.25. The maximum Gasteiger partial charge on any atom is 0.157 e. The molecule has 0 saturated carbocycles. The van der Waals surface area contributed by atoms with Crippen LogP contribution >= 0.6 is 0 Å². The van der Waals surface area contributed by atoms with Crippen molar-refractivity contribution in [1.82, 2.24) is 5.43 Å². The van der Waals surface area contributed by atoms with Gasteiger partial charge in [0.25, 0.3) is 0 Å². The van der Waals surface area contributed by atoms with Crippen LogP contribution in [-0.2, 0) is 0 Å². The molecule has 0 spiro atoms. The summed E-state index contributed by atoms with van der Waals surface area (Å²) in [5, 5.41) is 0. The minimum atomic E-state index is 0. The van der Waals surface area contributed by atoms with Gasteiger partial charge < -0.3 is 24.0 Å². The summed E-state index contributed by atoms with van der Waals surface area (Å²) in [5.41, 5.74) is 3.33. The fourth-order valence-corrected chi connectivity index (χ4v) is 1.19. The lowest BCUT2D eigenvalue weighted by molar-refractivity contribution is -0.932. The summed E-state index contributed by atoms with van der Waals surface area (Å²) in [7, 11) is 2.13. The molecule has 1 unspecified atom stereocenters. The normalized spacial score (nSPS) is 30.8. The molecular formula is C7H13IN2. The predicted molar refractivity (Wildman–Crippen MR) is 37.4 cm³/mol. The van der Waals surface area contributed by atoms with Crippen molar-refractivity contribution in [2.24, 2.45) is 0 Å². The van der Waals surface area contributed by atoms with E-state index >= 15 is 0 Å². The molecule has 0 amide bonds. The van der Waals surface area contributed by atoms with Crippen LogP contribution in [0.4, 0.5) is 0 Å². The van der Waals surface area contributed by atoms with Crippen LogP contribution in [0.2, 0.25) is 0 Å². The van der Waals surface area contributed by atoms with E-state index in [1.54, 1.807) is 0 Å². The van der Waals surface area contributed by atoms with Gasteiger partial charge in [-0.15, -0.1) is 6.42 Å². The Hall–Kier alpha value is 0.210. The van der Waals surface area contributed by atoms with Gasteiger partial charge in [0, 0.05) is 13.0 Å². The molecule has 1 heterocycles. The lowest BCUT2D eigenvalue weighted by atomic mass is 10.4. The zero-order valence-electron chi connectivity index (χ0n) is 6.23. The smallest absolute Gasteiger partial charge is 0.157 e. The summed E-state index contributed by atoms with van der Waals surface area (Å²) in [4.78, 5) is 0. The number of halogens is 1. The van der Waals surface area contributed by atoms with Crippen LogP contribution in [0, 0.1) is 12.3 Å². The second-order valence-corrected chi connectivity index (χ2v) is 2.74. The van der Waals surface area contributed by atoms with E-state index in [1.807, 2.05) is 0 Å². The van der Waals surface area contributed by atoms with Crippen molar-refractivity contribution < 1.29 is 28.6 Å². The van der Waals surface area contributed by atoms with Crippen molar-refractivity contribution >= 4 is 0 Å². The average Bonchev–Trinajstić information content (AvgIpc) is 2.16. The molecule has 1 atom stereocenters. The predicted octanol–water partition coefficient (Wildman–Crippen LogP) is -3.02. The number of hydrogen-bond donors (Lipinski definition) is 1. The Labute approximate surface area is 79.6 Å². The van der Waals surface area contributed by atoms with Crippen LogP contribution in [0.25, 0.3) is 0 Å². The van der Waals surface area contributed by atoms with Crippen LogP contribution in [0.5, 0.6) is 0 Å². The van der Waals surface area contributed by atoms with Crippen molar-refractivity contribution in [3.05, 3.63) is 0 Å². The molecule has 1 fully saturated rings. The molecule has 3 heteroatoms. The monoisotopic (exact) mass is 252 g/mol. The lowest BCUT2D eigenvalue weighted by Crippen LogP contribution is -3.00. The van der Waals surface area contributed by atoms with E-state index in [1.165, 1.54) is 13.0 Å². The SMILES string of the molecule is C#CC[N+]1(C)CCCN1.[I-]. The first-order chi connectivity index (χ1) is 4.27. The minimum Gasteiger partial charge on any atom is -1.00 e. The molecule has 1 N–H and O–H groups in total.